The minimum Gasteiger partial charge on any atom is -0.465 e. The molecule has 1 aromatic carbocycles. The van der Waals surface area contributed by atoms with Gasteiger partial charge < -0.3 is 8.92 Å². The molecule has 0 spiro atoms. The van der Waals surface area contributed by atoms with Gasteiger partial charge in [-0.05, 0) is 18.2 Å². The summed E-state index contributed by atoms with van der Waals surface area (Å²) in [6, 6.07) is 4.16. The average Bonchev–Trinajstić information content (AvgIpc) is 2.49. The topological polar surface area (TPSA) is 81.7 Å². The highest BCUT2D eigenvalue weighted by Crippen LogP contribution is 2.33. The fraction of sp³-hybridized carbons (Fsp3) is 0.125. The molecule has 0 unspecified atom stereocenters. The van der Waals surface area contributed by atoms with Gasteiger partial charge in [-0.15, -0.1) is 0 Å². The minimum atomic E-state index is -3.76. The Morgan fingerprint density at radius 2 is 2.20 bits per heavy atom. The molecule has 15 heavy (non-hydrogen) atoms. The quantitative estimate of drug-likeness (QED) is 0.710. The first-order valence-electron chi connectivity index (χ1n) is 3.96. The smallest absolute Gasteiger partial charge is 0.407 e. The normalized spacial score (nSPS) is 16.1. The second kappa shape index (κ2) is 3.13. The summed E-state index contributed by atoms with van der Waals surface area (Å²) in [4.78, 5) is 11.1. The van der Waals surface area contributed by atoms with Gasteiger partial charge in [0.1, 0.15) is 0 Å². The predicted molar refractivity (Wildman–Crippen MR) is 51.0 cm³/mol. The molecule has 0 fully saturated rings. The van der Waals surface area contributed by atoms with Crippen molar-refractivity contribution in [3.8, 4) is 5.75 Å². The Kier molecular flexibility index (Phi) is 2.04. The minimum absolute atomic E-state index is 0.169. The lowest BCUT2D eigenvalue weighted by atomic mass is 10.2. The van der Waals surface area contributed by atoms with Gasteiger partial charge in [-0.2, -0.15) is 8.42 Å². The van der Waals surface area contributed by atoms with E-state index in [2.05, 4.69) is 13.6 Å². The first-order chi connectivity index (χ1) is 7.02. The summed E-state index contributed by atoms with van der Waals surface area (Å²) in [6.45, 7) is 0. The summed E-state index contributed by atoms with van der Waals surface area (Å²) in [6.07, 6.45) is 0. The number of methoxy groups -OCH3 is 1. The maximum Gasteiger partial charge on any atom is 0.407 e. The van der Waals surface area contributed by atoms with E-state index in [9.17, 15) is 13.2 Å². The van der Waals surface area contributed by atoms with Crippen LogP contribution < -0.4 is 8.91 Å². The number of carbonyl (C=O) groups is 1. The molecule has 0 amide bonds. The Morgan fingerprint density at radius 3 is 2.87 bits per heavy atom. The van der Waals surface area contributed by atoms with Crippen LogP contribution in [0.2, 0.25) is 0 Å². The first-order valence-corrected chi connectivity index (χ1v) is 5.37. The summed E-state index contributed by atoms with van der Waals surface area (Å²) >= 11 is 0. The fourth-order valence-corrected chi connectivity index (χ4v) is 2.05. The standard InChI is InChI=1S/C8H7NO5S/c1-13-8(10)5-2-3-7-6(4-5)9-15(11,12)14-7/h2-4,9H,1H3. The van der Waals surface area contributed by atoms with Crippen molar-refractivity contribution in [3.63, 3.8) is 0 Å². The lowest BCUT2D eigenvalue weighted by molar-refractivity contribution is 0.0601. The maximum absolute atomic E-state index is 11.1. The van der Waals surface area contributed by atoms with Crippen LogP contribution in [0.4, 0.5) is 5.69 Å². The first kappa shape index (κ1) is 9.78. The molecule has 0 aliphatic carbocycles. The van der Waals surface area contributed by atoms with Crippen LogP contribution in [0.3, 0.4) is 0 Å². The molecule has 0 saturated carbocycles. The van der Waals surface area contributed by atoms with Gasteiger partial charge in [0, 0.05) is 0 Å². The lowest BCUT2D eigenvalue weighted by Gasteiger charge is -1.99. The molecule has 0 radical (unpaired) electrons. The third-order valence-electron chi connectivity index (χ3n) is 1.84. The van der Waals surface area contributed by atoms with Crippen molar-refractivity contribution in [3.05, 3.63) is 23.8 Å². The molecular formula is C8H7NO5S. The number of hydrogen-bond acceptors (Lipinski definition) is 5. The van der Waals surface area contributed by atoms with Crippen molar-refractivity contribution in [2.45, 2.75) is 0 Å². The highest BCUT2D eigenvalue weighted by molar-refractivity contribution is 7.88. The van der Waals surface area contributed by atoms with Gasteiger partial charge in [-0.25, -0.2) is 9.52 Å². The van der Waals surface area contributed by atoms with E-state index >= 15 is 0 Å². The van der Waals surface area contributed by atoms with Crippen LogP contribution in [0, 0.1) is 0 Å². The number of fused-ring (bicyclic) bond motifs is 1. The number of carbonyl (C=O) groups excluding carboxylic acids is 1. The van der Waals surface area contributed by atoms with Crippen molar-refractivity contribution >= 4 is 22.0 Å². The Balaban J connectivity index is 2.43. The van der Waals surface area contributed by atoms with E-state index in [4.69, 9.17) is 0 Å². The van der Waals surface area contributed by atoms with Crippen LogP contribution in [0.25, 0.3) is 0 Å². The van der Waals surface area contributed by atoms with Crippen LogP contribution >= 0.6 is 0 Å². The van der Waals surface area contributed by atoms with Crippen LogP contribution in [0.5, 0.6) is 5.75 Å². The van der Waals surface area contributed by atoms with E-state index < -0.39 is 16.3 Å². The van der Waals surface area contributed by atoms with Gasteiger partial charge in [0.25, 0.3) is 0 Å². The summed E-state index contributed by atoms with van der Waals surface area (Å²) in [5.74, 6) is -0.369. The molecule has 0 atom stereocenters. The number of benzene rings is 1. The van der Waals surface area contributed by atoms with Gasteiger partial charge >= 0.3 is 16.3 Å². The Hall–Kier alpha value is -1.76. The fourth-order valence-electron chi connectivity index (χ4n) is 1.20. The number of ether oxygens (including phenoxy) is 1. The zero-order valence-electron chi connectivity index (χ0n) is 7.68. The molecule has 1 aliphatic heterocycles. The van der Waals surface area contributed by atoms with E-state index in [1.807, 2.05) is 0 Å². The number of esters is 1. The van der Waals surface area contributed by atoms with Gasteiger partial charge in [-0.1, -0.05) is 0 Å². The van der Waals surface area contributed by atoms with E-state index in [-0.39, 0.29) is 17.0 Å². The van der Waals surface area contributed by atoms with Crippen molar-refractivity contribution < 1.29 is 22.1 Å². The Bertz CT molecular complexity index is 522. The summed E-state index contributed by atoms with van der Waals surface area (Å²) in [5.41, 5.74) is 0.488. The molecule has 1 N–H and O–H groups in total. The van der Waals surface area contributed by atoms with E-state index in [0.29, 0.717) is 0 Å². The van der Waals surface area contributed by atoms with Crippen molar-refractivity contribution in [1.29, 1.82) is 0 Å². The van der Waals surface area contributed by atoms with Crippen LogP contribution in [-0.4, -0.2) is 21.5 Å². The molecule has 1 aliphatic rings. The molecule has 1 heterocycles. The SMILES string of the molecule is COC(=O)c1ccc2c(c1)NS(=O)(=O)O2. The van der Waals surface area contributed by atoms with Gasteiger partial charge in [-0.3, -0.25) is 0 Å². The highest BCUT2D eigenvalue weighted by Gasteiger charge is 2.26. The molecule has 0 bridgehead atoms. The van der Waals surface area contributed by atoms with E-state index in [1.54, 1.807) is 0 Å². The van der Waals surface area contributed by atoms with Crippen molar-refractivity contribution in [1.82, 2.24) is 0 Å². The van der Waals surface area contributed by atoms with Crippen LogP contribution in [0.15, 0.2) is 18.2 Å². The highest BCUT2D eigenvalue weighted by atomic mass is 32.2. The molecule has 1 aromatic rings. The third-order valence-corrected chi connectivity index (χ3v) is 2.70. The predicted octanol–water partition coefficient (Wildman–Crippen LogP) is 0.522. The number of anilines is 1. The van der Waals surface area contributed by atoms with E-state index in [0.717, 1.165) is 0 Å². The number of hydrogen-bond donors (Lipinski definition) is 1. The van der Waals surface area contributed by atoms with Crippen molar-refractivity contribution in [2.75, 3.05) is 11.8 Å². The van der Waals surface area contributed by atoms with Crippen LogP contribution in [-0.2, 0) is 15.0 Å². The van der Waals surface area contributed by atoms with Gasteiger partial charge in [0.15, 0.2) is 5.75 Å². The molecule has 80 valence electrons. The lowest BCUT2D eigenvalue weighted by Crippen LogP contribution is -2.10. The van der Waals surface area contributed by atoms with Crippen molar-refractivity contribution in [2.24, 2.45) is 0 Å². The average molecular weight is 229 g/mol. The second-order valence-corrected chi connectivity index (χ2v) is 4.12. The second-order valence-electron chi connectivity index (χ2n) is 2.84. The zero-order chi connectivity index (χ0) is 11.1. The molecule has 0 saturated heterocycles. The molecular weight excluding hydrogens is 222 g/mol. The Morgan fingerprint density at radius 1 is 1.47 bits per heavy atom. The number of rotatable bonds is 1. The third kappa shape index (κ3) is 1.73. The molecule has 0 aromatic heterocycles. The zero-order valence-corrected chi connectivity index (χ0v) is 8.50. The molecule has 2 rings (SSSR count). The van der Waals surface area contributed by atoms with E-state index in [1.165, 1.54) is 25.3 Å². The maximum atomic E-state index is 11.1. The largest absolute Gasteiger partial charge is 0.465 e. The van der Waals surface area contributed by atoms with Crippen LogP contribution in [0.1, 0.15) is 10.4 Å². The summed E-state index contributed by atoms with van der Waals surface area (Å²) in [5, 5.41) is 0. The number of nitrogens with one attached hydrogen (secondary N) is 1. The molecule has 7 heteroatoms. The van der Waals surface area contributed by atoms with Gasteiger partial charge in [0.2, 0.25) is 0 Å². The Labute approximate surface area is 86.1 Å². The summed E-state index contributed by atoms with van der Waals surface area (Å²) < 4.78 is 33.2. The van der Waals surface area contributed by atoms with Gasteiger partial charge in [0.05, 0.1) is 18.4 Å². The summed E-state index contributed by atoms with van der Waals surface area (Å²) in [7, 11) is -2.51. The monoisotopic (exact) mass is 229 g/mol. The molecule has 6 nitrogen and oxygen atoms in total.